The summed E-state index contributed by atoms with van der Waals surface area (Å²) < 4.78 is 12.5. The molecule has 0 radical (unpaired) electrons. The first-order valence-corrected chi connectivity index (χ1v) is 8.18. The van der Waals surface area contributed by atoms with Crippen LogP contribution in [0.1, 0.15) is 31.1 Å². The predicted octanol–water partition coefficient (Wildman–Crippen LogP) is 2.65. The number of fused-ring (bicyclic) bond motifs is 1. The van der Waals surface area contributed by atoms with Crippen molar-refractivity contribution in [1.29, 1.82) is 0 Å². The molecule has 5 nitrogen and oxygen atoms in total. The summed E-state index contributed by atoms with van der Waals surface area (Å²) in [5.74, 6) is 0.774. The molecule has 6 N–H and O–H groups in total. The van der Waals surface area contributed by atoms with E-state index < -0.39 is 5.60 Å². The highest BCUT2D eigenvalue weighted by Crippen LogP contribution is 2.39. The van der Waals surface area contributed by atoms with Crippen LogP contribution in [0.4, 0.5) is 11.4 Å². The van der Waals surface area contributed by atoms with Crippen molar-refractivity contribution in [3.05, 3.63) is 53.6 Å². The molecule has 0 saturated carbocycles. The van der Waals surface area contributed by atoms with Gasteiger partial charge in [0.2, 0.25) is 0 Å². The fourth-order valence-corrected chi connectivity index (χ4v) is 3.06. The quantitative estimate of drug-likeness (QED) is 0.750. The number of anilines is 2. The lowest BCUT2D eigenvalue weighted by molar-refractivity contribution is -0.113. The van der Waals surface area contributed by atoms with Crippen molar-refractivity contribution in [3.63, 3.8) is 0 Å². The van der Waals surface area contributed by atoms with Crippen molar-refractivity contribution in [2.45, 2.75) is 38.1 Å². The fourth-order valence-electron chi connectivity index (χ4n) is 3.06. The largest absolute Gasteiger partial charge is 0.485 e. The Morgan fingerprint density at radius 1 is 1.17 bits per heavy atom. The summed E-state index contributed by atoms with van der Waals surface area (Å²) in [6.45, 7) is 4.45. The van der Waals surface area contributed by atoms with Crippen LogP contribution in [0, 0.1) is 0 Å². The first-order valence-electron chi connectivity index (χ1n) is 8.18. The van der Waals surface area contributed by atoms with E-state index in [1.165, 1.54) is 0 Å². The van der Waals surface area contributed by atoms with Crippen molar-refractivity contribution >= 4 is 11.4 Å². The van der Waals surface area contributed by atoms with Crippen LogP contribution in [0.15, 0.2) is 42.5 Å². The Bertz CT molecular complexity index is 716. The van der Waals surface area contributed by atoms with Gasteiger partial charge in [0.1, 0.15) is 17.5 Å². The molecule has 0 spiro atoms. The Morgan fingerprint density at radius 2 is 1.83 bits per heavy atom. The number of nitrogen functional groups attached to an aromatic ring is 2. The van der Waals surface area contributed by atoms with Gasteiger partial charge in [0.15, 0.2) is 0 Å². The minimum atomic E-state index is -0.488. The number of nitrogens with two attached hydrogens (primary N) is 3. The third-order valence-corrected chi connectivity index (χ3v) is 4.53. The molecule has 0 aliphatic carbocycles. The summed E-state index contributed by atoms with van der Waals surface area (Å²) in [4.78, 5) is 0. The van der Waals surface area contributed by atoms with E-state index in [4.69, 9.17) is 26.7 Å². The molecule has 0 saturated heterocycles. The van der Waals surface area contributed by atoms with Crippen molar-refractivity contribution in [1.82, 2.24) is 0 Å². The van der Waals surface area contributed by atoms with E-state index in [0.29, 0.717) is 24.3 Å². The van der Waals surface area contributed by atoms with Gasteiger partial charge in [-0.05, 0) is 31.0 Å². The number of hydrogen-bond acceptors (Lipinski definition) is 5. The first-order chi connectivity index (χ1) is 11.4. The van der Waals surface area contributed by atoms with Crippen LogP contribution in [0.25, 0.3) is 0 Å². The third kappa shape index (κ3) is 3.18. The normalized spacial score (nSPS) is 20.0. The van der Waals surface area contributed by atoms with Gasteiger partial charge in [0.05, 0.1) is 17.5 Å². The number of hydrogen-bond donors (Lipinski definition) is 3. The Balaban J connectivity index is 1.86. The summed E-state index contributed by atoms with van der Waals surface area (Å²) >= 11 is 0. The maximum atomic E-state index is 6.35. The predicted molar refractivity (Wildman–Crippen MR) is 96.8 cm³/mol. The zero-order valence-corrected chi connectivity index (χ0v) is 14.2. The Labute approximate surface area is 142 Å². The van der Waals surface area contributed by atoms with Crippen LogP contribution in [-0.2, 0) is 11.2 Å². The molecule has 1 aliphatic heterocycles. The van der Waals surface area contributed by atoms with Gasteiger partial charge in [-0.1, -0.05) is 30.3 Å². The van der Waals surface area contributed by atoms with E-state index in [2.05, 4.69) is 0 Å². The van der Waals surface area contributed by atoms with Gasteiger partial charge in [0.25, 0.3) is 0 Å². The molecule has 24 heavy (non-hydrogen) atoms. The van der Waals surface area contributed by atoms with E-state index in [0.717, 1.165) is 16.9 Å². The molecule has 2 aromatic rings. The first kappa shape index (κ1) is 16.6. The summed E-state index contributed by atoms with van der Waals surface area (Å²) in [6, 6.07) is 13.7. The number of ether oxygens (including phenoxy) is 2. The zero-order valence-electron chi connectivity index (χ0n) is 14.2. The lowest BCUT2D eigenvalue weighted by atomic mass is 9.90. The molecule has 1 aliphatic rings. The standard InChI is InChI=1S/C19H25N3O2/c1-19(2)18(23-17(11-20)12-6-4-3-5-7-12)9-13-8-14(21)15(22)10-16(13)24-19/h3-8,10,17-18H,9,11,20-22H2,1-2H3/t17?,18-/m1/s1. The SMILES string of the molecule is CC1(C)Oc2cc(N)c(N)cc2C[C@H]1OC(CN)c1ccccc1. The summed E-state index contributed by atoms with van der Waals surface area (Å²) in [5, 5.41) is 0. The highest BCUT2D eigenvalue weighted by atomic mass is 16.6. The second-order valence-corrected chi connectivity index (χ2v) is 6.76. The monoisotopic (exact) mass is 327 g/mol. The Hall–Kier alpha value is -2.24. The van der Waals surface area contributed by atoms with Gasteiger partial charge in [-0.3, -0.25) is 0 Å². The van der Waals surface area contributed by atoms with Crippen LogP contribution in [0.3, 0.4) is 0 Å². The summed E-state index contributed by atoms with van der Waals surface area (Å²) in [5.41, 5.74) is 20.5. The maximum Gasteiger partial charge on any atom is 0.130 e. The van der Waals surface area contributed by atoms with Gasteiger partial charge in [-0.2, -0.15) is 0 Å². The summed E-state index contributed by atoms with van der Waals surface area (Å²) in [7, 11) is 0. The maximum absolute atomic E-state index is 6.35. The van der Waals surface area contributed by atoms with E-state index in [1.54, 1.807) is 6.07 Å². The third-order valence-electron chi connectivity index (χ3n) is 4.53. The summed E-state index contributed by atoms with van der Waals surface area (Å²) in [6.07, 6.45) is 0.393. The molecule has 0 fully saturated rings. The topological polar surface area (TPSA) is 96.5 Å². The second kappa shape index (κ2) is 6.34. The van der Waals surface area contributed by atoms with Crippen molar-refractivity contribution < 1.29 is 9.47 Å². The molecule has 128 valence electrons. The molecule has 3 rings (SSSR count). The highest BCUT2D eigenvalue weighted by Gasteiger charge is 2.39. The molecule has 5 heteroatoms. The molecule has 0 aromatic heterocycles. The highest BCUT2D eigenvalue weighted by molar-refractivity contribution is 5.68. The van der Waals surface area contributed by atoms with E-state index in [-0.39, 0.29) is 12.2 Å². The Kier molecular flexibility index (Phi) is 4.39. The van der Waals surface area contributed by atoms with E-state index in [9.17, 15) is 0 Å². The van der Waals surface area contributed by atoms with Crippen LogP contribution in [-0.4, -0.2) is 18.2 Å². The van der Waals surface area contributed by atoms with Crippen molar-refractivity contribution in [2.24, 2.45) is 5.73 Å². The molecule has 1 heterocycles. The molecule has 0 amide bonds. The minimum Gasteiger partial charge on any atom is -0.485 e. The molecular formula is C19H25N3O2. The lowest BCUT2D eigenvalue weighted by Crippen LogP contribution is -2.49. The average molecular weight is 327 g/mol. The fraction of sp³-hybridized carbons (Fsp3) is 0.368. The van der Waals surface area contributed by atoms with Crippen LogP contribution >= 0.6 is 0 Å². The van der Waals surface area contributed by atoms with Gasteiger partial charge in [0, 0.05) is 19.0 Å². The minimum absolute atomic E-state index is 0.137. The van der Waals surface area contributed by atoms with Crippen LogP contribution in [0.2, 0.25) is 0 Å². The number of benzene rings is 2. The lowest BCUT2D eigenvalue weighted by Gasteiger charge is -2.41. The van der Waals surface area contributed by atoms with Gasteiger partial charge in [-0.15, -0.1) is 0 Å². The van der Waals surface area contributed by atoms with Crippen molar-refractivity contribution in [3.8, 4) is 5.75 Å². The molecular weight excluding hydrogens is 302 g/mol. The Morgan fingerprint density at radius 3 is 2.50 bits per heavy atom. The van der Waals surface area contributed by atoms with Crippen LogP contribution < -0.4 is 21.9 Å². The van der Waals surface area contributed by atoms with Crippen molar-refractivity contribution in [2.75, 3.05) is 18.0 Å². The van der Waals surface area contributed by atoms with Crippen LogP contribution in [0.5, 0.6) is 5.75 Å². The zero-order chi connectivity index (χ0) is 17.3. The molecule has 2 atom stereocenters. The second-order valence-electron chi connectivity index (χ2n) is 6.76. The van der Waals surface area contributed by atoms with Gasteiger partial charge >= 0.3 is 0 Å². The van der Waals surface area contributed by atoms with E-state index in [1.807, 2.05) is 50.2 Å². The molecule has 2 aromatic carbocycles. The van der Waals surface area contributed by atoms with E-state index >= 15 is 0 Å². The van der Waals surface area contributed by atoms with Gasteiger partial charge < -0.3 is 26.7 Å². The van der Waals surface area contributed by atoms with Gasteiger partial charge in [-0.25, -0.2) is 0 Å². The number of rotatable bonds is 4. The smallest absolute Gasteiger partial charge is 0.130 e. The molecule has 1 unspecified atom stereocenters. The average Bonchev–Trinajstić information content (AvgIpc) is 2.55. The molecule has 0 bridgehead atoms.